The van der Waals surface area contributed by atoms with Crippen molar-refractivity contribution in [3.8, 4) is 0 Å². The van der Waals surface area contributed by atoms with E-state index in [4.69, 9.17) is 4.74 Å². The summed E-state index contributed by atoms with van der Waals surface area (Å²) in [6.45, 7) is 5.68. The standard InChI is InChI=1S/C17H27N3O/c1-17(2)15(11-6-5-9-21-16(11)17)19-13-7-4-8-14-12(13)10-18-20(14)3/h10-11,13,15-16,19H,4-9H2,1-3H3. The number of aryl methyl sites for hydroxylation is 1. The highest BCUT2D eigenvalue weighted by Gasteiger charge is 2.58. The van der Waals surface area contributed by atoms with E-state index < -0.39 is 0 Å². The van der Waals surface area contributed by atoms with Crippen molar-refractivity contribution in [3.05, 3.63) is 17.5 Å². The number of rotatable bonds is 2. The quantitative estimate of drug-likeness (QED) is 0.909. The monoisotopic (exact) mass is 289 g/mol. The predicted octanol–water partition coefficient (Wildman–Crippen LogP) is 2.59. The van der Waals surface area contributed by atoms with E-state index in [-0.39, 0.29) is 5.41 Å². The van der Waals surface area contributed by atoms with E-state index in [2.05, 4.69) is 42.2 Å². The molecule has 1 N–H and O–H groups in total. The second-order valence-electron chi connectivity index (χ2n) is 7.68. The van der Waals surface area contributed by atoms with Gasteiger partial charge in [0, 0.05) is 48.3 Å². The van der Waals surface area contributed by atoms with Gasteiger partial charge in [-0.2, -0.15) is 5.10 Å². The van der Waals surface area contributed by atoms with Crippen molar-refractivity contribution >= 4 is 0 Å². The van der Waals surface area contributed by atoms with Crippen molar-refractivity contribution in [2.75, 3.05) is 6.61 Å². The highest BCUT2D eigenvalue weighted by Crippen LogP contribution is 2.52. The molecule has 4 heteroatoms. The Morgan fingerprint density at radius 1 is 1.33 bits per heavy atom. The van der Waals surface area contributed by atoms with Gasteiger partial charge in [-0.25, -0.2) is 0 Å². The van der Waals surface area contributed by atoms with Gasteiger partial charge >= 0.3 is 0 Å². The Balaban J connectivity index is 1.54. The molecular formula is C17H27N3O. The zero-order valence-electron chi connectivity index (χ0n) is 13.4. The zero-order valence-corrected chi connectivity index (χ0v) is 13.4. The van der Waals surface area contributed by atoms with Crippen LogP contribution < -0.4 is 5.32 Å². The lowest BCUT2D eigenvalue weighted by Crippen LogP contribution is -2.69. The zero-order chi connectivity index (χ0) is 14.6. The molecule has 1 aromatic heterocycles. The lowest BCUT2D eigenvalue weighted by Gasteiger charge is -2.61. The first-order valence-electron chi connectivity index (χ1n) is 8.47. The normalized spacial score (nSPS) is 37.5. The molecule has 1 saturated carbocycles. The first-order valence-corrected chi connectivity index (χ1v) is 8.47. The molecule has 4 rings (SSSR count). The third-order valence-electron chi connectivity index (χ3n) is 6.09. The van der Waals surface area contributed by atoms with Crippen LogP contribution in [0, 0.1) is 11.3 Å². The molecule has 0 aromatic carbocycles. The summed E-state index contributed by atoms with van der Waals surface area (Å²) in [5, 5.41) is 8.45. The summed E-state index contributed by atoms with van der Waals surface area (Å²) >= 11 is 0. The van der Waals surface area contributed by atoms with Crippen molar-refractivity contribution < 1.29 is 4.74 Å². The predicted molar refractivity (Wildman–Crippen MR) is 82.1 cm³/mol. The number of fused-ring (bicyclic) bond motifs is 2. The van der Waals surface area contributed by atoms with Crippen molar-refractivity contribution in [1.82, 2.24) is 15.1 Å². The molecule has 1 aliphatic heterocycles. The first kappa shape index (κ1) is 13.8. The van der Waals surface area contributed by atoms with Crippen LogP contribution in [0.25, 0.3) is 0 Å². The van der Waals surface area contributed by atoms with Gasteiger partial charge in [0.2, 0.25) is 0 Å². The summed E-state index contributed by atoms with van der Waals surface area (Å²) in [6, 6.07) is 1.06. The minimum Gasteiger partial charge on any atom is -0.377 e. The van der Waals surface area contributed by atoms with Gasteiger partial charge in [0.1, 0.15) is 0 Å². The fourth-order valence-electron chi connectivity index (χ4n) is 4.96. The van der Waals surface area contributed by atoms with Gasteiger partial charge in [0.05, 0.1) is 12.3 Å². The van der Waals surface area contributed by atoms with Gasteiger partial charge < -0.3 is 10.1 Å². The van der Waals surface area contributed by atoms with Crippen LogP contribution in [0.4, 0.5) is 0 Å². The van der Waals surface area contributed by atoms with Crippen LogP contribution in [0.2, 0.25) is 0 Å². The van der Waals surface area contributed by atoms with Gasteiger partial charge in [-0.3, -0.25) is 4.68 Å². The van der Waals surface area contributed by atoms with E-state index in [1.165, 1.54) is 43.4 Å². The van der Waals surface area contributed by atoms with Crippen LogP contribution in [0.1, 0.15) is 56.8 Å². The molecule has 0 bridgehead atoms. The molecule has 4 nitrogen and oxygen atoms in total. The van der Waals surface area contributed by atoms with Crippen LogP contribution in [-0.4, -0.2) is 28.5 Å². The molecule has 4 unspecified atom stereocenters. The van der Waals surface area contributed by atoms with Gasteiger partial charge in [-0.05, 0) is 32.1 Å². The lowest BCUT2D eigenvalue weighted by molar-refractivity contribution is -0.194. The Morgan fingerprint density at radius 3 is 3.05 bits per heavy atom. The summed E-state index contributed by atoms with van der Waals surface area (Å²) in [5.41, 5.74) is 3.11. The minimum atomic E-state index is 0.255. The summed E-state index contributed by atoms with van der Waals surface area (Å²) in [4.78, 5) is 0. The topological polar surface area (TPSA) is 39.1 Å². The maximum absolute atomic E-state index is 6.03. The van der Waals surface area contributed by atoms with Crippen LogP contribution in [-0.2, 0) is 18.2 Å². The number of nitrogens with zero attached hydrogens (tertiary/aromatic N) is 2. The largest absolute Gasteiger partial charge is 0.377 e. The van der Waals surface area contributed by atoms with E-state index in [0.717, 1.165) is 6.61 Å². The van der Waals surface area contributed by atoms with Crippen molar-refractivity contribution in [3.63, 3.8) is 0 Å². The van der Waals surface area contributed by atoms with Crippen LogP contribution in [0.3, 0.4) is 0 Å². The number of aromatic nitrogens is 2. The van der Waals surface area contributed by atoms with E-state index in [9.17, 15) is 0 Å². The third kappa shape index (κ3) is 1.99. The molecule has 21 heavy (non-hydrogen) atoms. The van der Waals surface area contributed by atoms with Gasteiger partial charge in [-0.1, -0.05) is 13.8 Å². The smallest absolute Gasteiger partial charge is 0.0684 e. The molecule has 2 fully saturated rings. The average Bonchev–Trinajstić information content (AvgIpc) is 2.87. The molecule has 2 heterocycles. The van der Waals surface area contributed by atoms with Crippen LogP contribution in [0.15, 0.2) is 6.20 Å². The van der Waals surface area contributed by atoms with Crippen molar-refractivity contribution in [2.45, 2.75) is 64.1 Å². The van der Waals surface area contributed by atoms with Crippen LogP contribution in [0.5, 0.6) is 0 Å². The highest BCUT2D eigenvalue weighted by atomic mass is 16.5. The molecule has 1 saturated heterocycles. The average molecular weight is 289 g/mol. The van der Waals surface area contributed by atoms with E-state index >= 15 is 0 Å². The number of hydrogen-bond donors (Lipinski definition) is 1. The van der Waals surface area contributed by atoms with Gasteiger partial charge in [-0.15, -0.1) is 0 Å². The SMILES string of the molecule is Cn1ncc2c1CCCC2NC1C2CCCOC2C1(C)C. The van der Waals surface area contributed by atoms with E-state index in [1.807, 2.05) is 0 Å². The van der Waals surface area contributed by atoms with Gasteiger partial charge in [0.15, 0.2) is 0 Å². The molecule has 0 spiro atoms. The molecule has 2 aliphatic carbocycles. The Bertz CT molecular complexity index is 536. The van der Waals surface area contributed by atoms with Crippen LogP contribution >= 0.6 is 0 Å². The summed E-state index contributed by atoms with van der Waals surface area (Å²) in [7, 11) is 2.07. The highest BCUT2D eigenvalue weighted by molar-refractivity contribution is 5.26. The Labute approximate surface area is 127 Å². The van der Waals surface area contributed by atoms with E-state index in [1.54, 1.807) is 0 Å². The Morgan fingerprint density at radius 2 is 2.19 bits per heavy atom. The molecule has 1 aromatic rings. The van der Waals surface area contributed by atoms with Crippen molar-refractivity contribution in [1.29, 1.82) is 0 Å². The second kappa shape index (κ2) is 4.82. The first-order chi connectivity index (χ1) is 10.1. The third-order valence-corrected chi connectivity index (χ3v) is 6.09. The maximum Gasteiger partial charge on any atom is 0.0684 e. The summed E-state index contributed by atoms with van der Waals surface area (Å²) in [5.74, 6) is 0.704. The molecule has 116 valence electrons. The minimum absolute atomic E-state index is 0.255. The maximum atomic E-state index is 6.03. The number of ether oxygens (including phenoxy) is 1. The molecule has 0 amide bonds. The molecule has 0 radical (unpaired) electrons. The van der Waals surface area contributed by atoms with Crippen molar-refractivity contribution in [2.24, 2.45) is 18.4 Å². The summed E-state index contributed by atoms with van der Waals surface area (Å²) in [6.07, 6.45) is 8.75. The lowest BCUT2D eigenvalue weighted by atomic mass is 9.55. The van der Waals surface area contributed by atoms with E-state index in [0.29, 0.717) is 24.1 Å². The molecule has 3 aliphatic rings. The Kier molecular flexibility index (Phi) is 3.16. The Hall–Kier alpha value is -0.870. The van der Waals surface area contributed by atoms with Gasteiger partial charge in [0.25, 0.3) is 0 Å². The molecule has 4 atom stereocenters. The fraction of sp³-hybridized carbons (Fsp3) is 0.824. The fourth-order valence-corrected chi connectivity index (χ4v) is 4.96. The number of nitrogens with one attached hydrogen (secondary N) is 1. The summed E-state index contributed by atoms with van der Waals surface area (Å²) < 4.78 is 8.09. The number of hydrogen-bond acceptors (Lipinski definition) is 3. The second-order valence-corrected chi connectivity index (χ2v) is 7.68. The molecular weight excluding hydrogens is 262 g/mol.